The molecular formula is C31H46FNO5. The Labute approximate surface area is 227 Å². The van der Waals surface area contributed by atoms with E-state index in [1.165, 1.54) is 38.2 Å². The van der Waals surface area contributed by atoms with Gasteiger partial charge in [-0.05, 0) is 92.6 Å². The number of carboxylic acid groups (broad SMARTS) is 1. The normalized spacial score (nSPS) is 29.3. The first-order valence-electron chi connectivity index (χ1n) is 13.8. The number of terminal acetylenes is 1. The van der Waals surface area contributed by atoms with Crippen molar-refractivity contribution in [1.29, 1.82) is 0 Å². The zero-order valence-corrected chi connectivity index (χ0v) is 23.5. The molecule has 1 saturated heterocycles. The number of carbonyl (C=O) groups is 2. The second-order valence-corrected chi connectivity index (χ2v) is 11.8. The number of nitrogens with zero attached hydrogens (tertiary/aromatic N) is 1. The zero-order valence-electron chi connectivity index (χ0n) is 23.5. The van der Waals surface area contributed by atoms with Gasteiger partial charge in [0.2, 0.25) is 0 Å². The molecule has 1 amide bonds. The van der Waals surface area contributed by atoms with Crippen molar-refractivity contribution >= 4 is 12.4 Å². The lowest BCUT2D eigenvalue weighted by molar-refractivity contribution is -0.122. The highest BCUT2D eigenvalue weighted by Gasteiger charge is 2.45. The molecule has 0 aromatic heterocycles. The van der Waals surface area contributed by atoms with Crippen molar-refractivity contribution in [3.63, 3.8) is 0 Å². The number of ether oxygens (including phenoxy) is 1. The Morgan fingerprint density at radius 2 is 1.66 bits per heavy atom. The molecule has 2 N–H and O–H groups in total. The molecule has 6 nitrogen and oxygen atoms in total. The van der Waals surface area contributed by atoms with Crippen molar-refractivity contribution in [2.75, 3.05) is 26.8 Å². The molecule has 3 atom stereocenters. The summed E-state index contributed by atoms with van der Waals surface area (Å²) in [5.74, 6) is 3.34. The van der Waals surface area contributed by atoms with Crippen LogP contribution >= 0.6 is 0 Å². The SMILES string of the molecule is C#C.CC1CCN(C(=O)c2cc(C3CC3)c(OCC34CC(C)CC(CC(C)C3)C4)cc2F)C1.CO.O=CO. The number of hydrogen-bond acceptors (Lipinski definition) is 4. The van der Waals surface area contributed by atoms with Crippen LogP contribution in [0.3, 0.4) is 0 Å². The second-order valence-electron chi connectivity index (χ2n) is 11.8. The van der Waals surface area contributed by atoms with E-state index in [0.29, 0.717) is 24.2 Å². The summed E-state index contributed by atoms with van der Waals surface area (Å²) in [4.78, 5) is 23.2. The molecule has 5 rings (SSSR count). The molecule has 1 aliphatic heterocycles. The summed E-state index contributed by atoms with van der Waals surface area (Å²) >= 11 is 0. The van der Waals surface area contributed by atoms with E-state index in [2.05, 4.69) is 33.6 Å². The van der Waals surface area contributed by atoms with Crippen LogP contribution < -0.4 is 4.74 Å². The first-order chi connectivity index (χ1) is 18.2. The number of likely N-dealkylation sites (tertiary alicyclic amines) is 1. The van der Waals surface area contributed by atoms with Gasteiger partial charge >= 0.3 is 0 Å². The Kier molecular flexibility index (Phi) is 12.1. The molecule has 2 bridgehead atoms. The van der Waals surface area contributed by atoms with Crippen molar-refractivity contribution in [2.24, 2.45) is 29.1 Å². The lowest BCUT2D eigenvalue weighted by atomic mass is 9.57. The number of rotatable bonds is 5. The minimum atomic E-state index is -0.423. The van der Waals surface area contributed by atoms with Gasteiger partial charge in [-0.2, -0.15) is 0 Å². The van der Waals surface area contributed by atoms with Crippen molar-refractivity contribution < 1.29 is 28.9 Å². The standard InChI is InChI=1S/C27H38FNO2.C2H2.CH2O2.CH4O/c1-17-6-7-29(15-17)26(30)23-10-22(21-4-5-21)25(11-24(23)28)31-16-27-12-18(2)8-20(14-27)9-19(3)13-27;1-2;2-1-3;1-2/h10-11,17-21H,4-9,12-16H2,1-3H3;1-2H;1H,(H,2,3);2H,1H3. The third kappa shape index (κ3) is 7.96. The largest absolute Gasteiger partial charge is 0.493 e. The molecule has 3 saturated carbocycles. The molecule has 38 heavy (non-hydrogen) atoms. The lowest BCUT2D eigenvalue weighted by Gasteiger charge is -2.49. The van der Waals surface area contributed by atoms with Crippen LogP contribution in [0.15, 0.2) is 12.1 Å². The fourth-order valence-corrected chi connectivity index (χ4v) is 7.18. The third-order valence-electron chi connectivity index (χ3n) is 8.35. The molecule has 3 unspecified atom stereocenters. The first-order valence-corrected chi connectivity index (χ1v) is 13.8. The highest BCUT2D eigenvalue weighted by atomic mass is 19.1. The molecule has 1 aromatic rings. The van der Waals surface area contributed by atoms with Gasteiger partial charge in [0.25, 0.3) is 12.4 Å². The van der Waals surface area contributed by atoms with Crippen molar-refractivity contribution in [3.8, 4) is 18.6 Å². The van der Waals surface area contributed by atoms with Gasteiger partial charge in [0.05, 0.1) is 12.2 Å². The smallest absolute Gasteiger partial charge is 0.290 e. The Bertz CT molecular complexity index is 924. The molecule has 4 fully saturated rings. The average molecular weight is 532 g/mol. The van der Waals surface area contributed by atoms with Crippen molar-refractivity contribution in [2.45, 2.75) is 78.1 Å². The van der Waals surface area contributed by atoms with E-state index in [4.69, 9.17) is 19.7 Å². The van der Waals surface area contributed by atoms with E-state index in [9.17, 15) is 4.79 Å². The Morgan fingerprint density at radius 1 is 1.08 bits per heavy atom. The van der Waals surface area contributed by atoms with Gasteiger partial charge in [-0.3, -0.25) is 9.59 Å². The maximum Gasteiger partial charge on any atom is 0.290 e. The van der Waals surface area contributed by atoms with E-state index in [1.807, 2.05) is 11.0 Å². The van der Waals surface area contributed by atoms with Gasteiger partial charge in [-0.15, -0.1) is 12.8 Å². The average Bonchev–Trinajstić information content (AvgIpc) is 3.64. The van der Waals surface area contributed by atoms with Crippen LogP contribution in [0.25, 0.3) is 0 Å². The van der Waals surface area contributed by atoms with Crippen LogP contribution in [0, 0.1) is 47.8 Å². The van der Waals surface area contributed by atoms with Gasteiger partial charge < -0.3 is 19.8 Å². The van der Waals surface area contributed by atoms with Crippen molar-refractivity contribution in [3.05, 3.63) is 29.1 Å². The minimum Gasteiger partial charge on any atom is -0.493 e. The van der Waals surface area contributed by atoms with Gasteiger partial charge in [0.1, 0.15) is 11.6 Å². The van der Waals surface area contributed by atoms with Gasteiger partial charge in [-0.1, -0.05) is 20.8 Å². The van der Waals surface area contributed by atoms with Crippen LogP contribution in [0.2, 0.25) is 0 Å². The number of aliphatic hydroxyl groups is 1. The molecule has 0 spiro atoms. The molecule has 7 heteroatoms. The quantitative estimate of drug-likeness (QED) is 0.361. The highest BCUT2D eigenvalue weighted by molar-refractivity contribution is 5.95. The van der Waals surface area contributed by atoms with Crippen LogP contribution in [0.5, 0.6) is 5.75 Å². The summed E-state index contributed by atoms with van der Waals surface area (Å²) in [6.07, 6.45) is 17.6. The van der Waals surface area contributed by atoms with Gasteiger partial charge in [-0.25, -0.2) is 4.39 Å². The van der Waals surface area contributed by atoms with Crippen LogP contribution in [0.4, 0.5) is 4.39 Å². The second kappa shape index (κ2) is 14.5. The monoisotopic (exact) mass is 531 g/mol. The molecule has 3 aliphatic carbocycles. The number of hydrogen-bond donors (Lipinski definition) is 2. The van der Waals surface area contributed by atoms with Gasteiger partial charge in [0, 0.05) is 31.7 Å². The lowest BCUT2D eigenvalue weighted by Crippen LogP contribution is -2.43. The van der Waals surface area contributed by atoms with Crippen LogP contribution in [-0.4, -0.2) is 54.3 Å². The maximum atomic E-state index is 15.1. The Balaban J connectivity index is 0.000000665. The van der Waals surface area contributed by atoms with E-state index in [0.717, 1.165) is 62.8 Å². The summed E-state index contributed by atoms with van der Waals surface area (Å²) in [6.45, 7) is 8.82. The molecular weight excluding hydrogens is 485 g/mol. The summed E-state index contributed by atoms with van der Waals surface area (Å²) in [5, 5.41) is 13.9. The predicted molar refractivity (Wildman–Crippen MR) is 148 cm³/mol. The number of benzene rings is 1. The molecule has 1 heterocycles. The predicted octanol–water partition coefficient (Wildman–Crippen LogP) is 5.98. The fourth-order valence-electron chi connectivity index (χ4n) is 7.18. The highest BCUT2D eigenvalue weighted by Crippen LogP contribution is 2.53. The van der Waals surface area contributed by atoms with E-state index in [-0.39, 0.29) is 23.4 Å². The van der Waals surface area contributed by atoms with E-state index >= 15 is 4.39 Å². The number of fused-ring (bicyclic) bond motifs is 2. The van der Waals surface area contributed by atoms with Crippen LogP contribution in [0.1, 0.15) is 94.0 Å². The fraction of sp³-hybridized carbons (Fsp3) is 0.677. The number of amides is 1. The molecule has 1 aromatic carbocycles. The Hall–Kier alpha value is -2.59. The molecule has 4 aliphatic rings. The summed E-state index contributed by atoms with van der Waals surface area (Å²) in [5.41, 5.74) is 1.52. The summed E-state index contributed by atoms with van der Waals surface area (Å²) in [6, 6.07) is 3.34. The van der Waals surface area contributed by atoms with E-state index < -0.39 is 5.82 Å². The molecule has 212 valence electrons. The van der Waals surface area contributed by atoms with Crippen molar-refractivity contribution in [1.82, 2.24) is 4.90 Å². The Morgan fingerprint density at radius 3 is 2.16 bits per heavy atom. The summed E-state index contributed by atoms with van der Waals surface area (Å²) < 4.78 is 21.6. The summed E-state index contributed by atoms with van der Waals surface area (Å²) in [7, 11) is 1.00. The topological polar surface area (TPSA) is 87.1 Å². The number of carbonyl (C=O) groups excluding carboxylic acids is 1. The van der Waals surface area contributed by atoms with Crippen LogP contribution in [-0.2, 0) is 4.79 Å². The first kappa shape index (κ1) is 31.6. The number of aliphatic hydroxyl groups excluding tert-OH is 1. The third-order valence-corrected chi connectivity index (χ3v) is 8.35. The molecule has 0 radical (unpaired) electrons. The van der Waals surface area contributed by atoms with E-state index in [1.54, 1.807) is 0 Å². The minimum absolute atomic E-state index is 0.154. The number of halogens is 1. The maximum absolute atomic E-state index is 15.1. The van der Waals surface area contributed by atoms with Gasteiger partial charge in [0.15, 0.2) is 0 Å². The zero-order chi connectivity index (χ0) is 28.5.